The molecule has 0 bridgehead atoms. The Balaban J connectivity index is 2.18. The zero-order valence-corrected chi connectivity index (χ0v) is 13.0. The first kappa shape index (κ1) is 15.0. The highest BCUT2D eigenvalue weighted by Gasteiger charge is 2.18. The molecule has 1 atom stereocenters. The molecule has 0 radical (unpaired) electrons. The molecule has 2 aromatic heterocycles. The maximum atomic E-state index is 12.4. The molecule has 1 N–H and O–H groups in total. The molecule has 1 unspecified atom stereocenters. The van der Waals surface area contributed by atoms with E-state index in [0.717, 1.165) is 21.4 Å². The lowest BCUT2D eigenvalue weighted by atomic mass is 10.0. The van der Waals surface area contributed by atoms with E-state index in [9.17, 15) is 9.59 Å². The lowest BCUT2D eigenvalue weighted by Gasteiger charge is -2.08. The third-order valence-electron chi connectivity index (χ3n) is 3.83. The molecule has 0 aliphatic heterocycles. The molecule has 0 fully saturated rings. The summed E-state index contributed by atoms with van der Waals surface area (Å²) in [6, 6.07) is 6.61. The molecule has 0 aliphatic carbocycles. The molecule has 7 nitrogen and oxygen atoms in total. The van der Waals surface area contributed by atoms with Crippen LogP contribution in [0.15, 0.2) is 35.4 Å². The van der Waals surface area contributed by atoms with Gasteiger partial charge in [-0.3, -0.25) is 4.79 Å². The second kappa shape index (κ2) is 5.35. The van der Waals surface area contributed by atoms with Gasteiger partial charge in [0.1, 0.15) is 11.8 Å². The fourth-order valence-electron chi connectivity index (χ4n) is 2.53. The van der Waals surface area contributed by atoms with Crippen molar-refractivity contribution in [3.63, 3.8) is 0 Å². The summed E-state index contributed by atoms with van der Waals surface area (Å²) < 4.78 is 2.33. The number of hydrogen-bond donors (Lipinski definition) is 1. The topological polar surface area (TPSA) is 89.5 Å². The largest absolute Gasteiger partial charge is 0.480 e. The van der Waals surface area contributed by atoms with Crippen LogP contribution in [-0.4, -0.2) is 30.5 Å². The Labute approximate surface area is 131 Å². The van der Waals surface area contributed by atoms with Gasteiger partial charge in [0.15, 0.2) is 6.04 Å². The summed E-state index contributed by atoms with van der Waals surface area (Å²) in [5.74, 6) is -1.11. The number of fused-ring (bicyclic) bond motifs is 1. The Morgan fingerprint density at radius 1 is 1.26 bits per heavy atom. The summed E-state index contributed by atoms with van der Waals surface area (Å²) in [5, 5.41) is 17.3. The van der Waals surface area contributed by atoms with E-state index >= 15 is 0 Å². The van der Waals surface area contributed by atoms with Crippen molar-refractivity contribution in [3.05, 3.63) is 52.1 Å². The monoisotopic (exact) mass is 312 g/mol. The smallest absolute Gasteiger partial charge is 0.328 e. The zero-order chi connectivity index (χ0) is 16.7. The van der Waals surface area contributed by atoms with Gasteiger partial charge in [-0.1, -0.05) is 23.8 Å². The molecule has 2 heterocycles. The highest BCUT2D eigenvalue weighted by atomic mass is 16.4. The fourth-order valence-corrected chi connectivity index (χ4v) is 2.53. The number of rotatable bonds is 3. The highest BCUT2D eigenvalue weighted by molar-refractivity contribution is 5.72. The molecule has 1 aromatic carbocycles. The zero-order valence-electron chi connectivity index (χ0n) is 13.0. The van der Waals surface area contributed by atoms with Gasteiger partial charge in [-0.15, -0.1) is 0 Å². The number of aliphatic carboxylic acids is 1. The van der Waals surface area contributed by atoms with Crippen LogP contribution in [0, 0.1) is 13.8 Å². The van der Waals surface area contributed by atoms with Gasteiger partial charge in [-0.2, -0.15) is 10.2 Å². The van der Waals surface area contributed by atoms with Crippen molar-refractivity contribution >= 4 is 11.5 Å². The number of aryl methyl sites for hydroxylation is 2. The summed E-state index contributed by atoms with van der Waals surface area (Å²) in [6.45, 7) is 5.40. The predicted molar refractivity (Wildman–Crippen MR) is 84.5 cm³/mol. The van der Waals surface area contributed by atoms with Gasteiger partial charge in [0, 0.05) is 5.56 Å². The minimum Gasteiger partial charge on any atom is -0.480 e. The molecule has 0 aliphatic rings. The maximum Gasteiger partial charge on any atom is 0.328 e. The average Bonchev–Trinajstić information content (AvgIpc) is 2.91. The first-order valence-electron chi connectivity index (χ1n) is 7.16. The molecule has 0 amide bonds. The normalized spacial score (nSPS) is 12.5. The van der Waals surface area contributed by atoms with Crippen LogP contribution < -0.4 is 5.56 Å². The standard InChI is InChI=1S/C16H16N4O3/c1-9-4-5-12(10(2)6-9)13-7-14-15(21)20(11(3)16(22)23)17-8-19(14)18-13/h4-8,11H,1-3H3,(H,22,23). The Kier molecular flexibility index (Phi) is 3.48. The van der Waals surface area contributed by atoms with E-state index in [1.54, 1.807) is 6.07 Å². The van der Waals surface area contributed by atoms with Gasteiger partial charge in [-0.05, 0) is 32.4 Å². The summed E-state index contributed by atoms with van der Waals surface area (Å²) >= 11 is 0. The van der Waals surface area contributed by atoms with Gasteiger partial charge in [-0.25, -0.2) is 14.0 Å². The third kappa shape index (κ3) is 2.50. The van der Waals surface area contributed by atoms with Crippen LogP contribution >= 0.6 is 0 Å². The summed E-state index contributed by atoms with van der Waals surface area (Å²) in [7, 11) is 0. The van der Waals surface area contributed by atoms with Gasteiger partial charge in [0.05, 0.1) is 5.69 Å². The van der Waals surface area contributed by atoms with Crippen molar-refractivity contribution in [1.29, 1.82) is 0 Å². The van der Waals surface area contributed by atoms with Crippen molar-refractivity contribution in [2.24, 2.45) is 0 Å². The van der Waals surface area contributed by atoms with Gasteiger partial charge < -0.3 is 5.11 Å². The molecule has 23 heavy (non-hydrogen) atoms. The molecule has 118 valence electrons. The Morgan fingerprint density at radius 2 is 2.00 bits per heavy atom. The van der Waals surface area contributed by atoms with Crippen LogP contribution in [0.4, 0.5) is 0 Å². The number of carbonyl (C=O) groups is 1. The molecule has 0 saturated heterocycles. The SMILES string of the molecule is Cc1ccc(-c2cc3c(=O)n(C(C)C(=O)O)ncn3n2)c(C)c1. The molecule has 0 spiro atoms. The quantitative estimate of drug-likeness (QED) is 0.797. The predicted octanol–water partition coefficient (Wildman–Crippen LogP) is 1.82. The van der Waals surface area contributed by atoms with E-state index in [0.29, 0.717) is 11.2 Å². The number of hydrogen-bond acceptors (Lipinski definition) is 4. The van der Waals surface area contributed by atoms with Crippen molar-refractivity contribution < 1.29 is 9.90 Å². The van der Waals surface area contributed by atoms with Gasteiger partial charge in [0.25, 0.3) is 5.56 Å². The maximum absolute atomic E-state index is 12.4. The molecular weight excluding hydrogens is 296 g/mol. The molecular formula is C16H16N4O3. The summed E-state index contributed by atoms with van der Waals surface area (Å²) in [6.07, 6.45) is 1.35. The third-order valence-corrected chi connectivity index (χ3v) is 3.83. The van der Waals surface area contributed by atoms with Crippen molar-refractivity contribution in [2.45, 2.75) is 26.8 Å². The van der Waals surface area contributed by atoms with Gasteiger partial charge in [0.2, 0.25) is 0 Å². The van der Waals surface area contributed by atoms with E-state index in [2.05, 4.69) is 10.2 Å². The van der Waals surface area contributed by atoms with Crippen LogP contribution in [0.5, 0.6) is 0 Å². The van der Waals surface area contributed by atoms with Crippen molar-refractivity contribution in [1.82, 2.24) is 19.4 Å². The van der Waals surface area contributed by atoms with Crippen LogP contribution in [0.2, 0.25) is 0 Å². The Bertz CT molecular complexity index is 971. The lowest BCUT2D eigenvalue weighted by molar-refractivity contribution is -0.140. The van der Waals surface area contributed by atoms with Gasteiger partial charge >= 0.3 is 5.97 Å². The average molecular weight is 312 g/mol. The van der Waals surface area contributed by atoms with Crippen LogP contribution in [0.25, 0.3) is 16.8 Å². The van der Waals surface area contributed by atoms with Crippen LogP contribution in [0.1, 0.15) is 24.1 Å². The summed E-state index contributed by atoms with van der Waals surface area (Å²) in [4.78, 5) is 23.5. The second-order valence-corrected chi connectivity index (χ2v) is 5.57. The molecule has 0 saturated carbocycles. The van der Waals surface area contributed by atoms with Crippen molar-refractivity contribution in [2.75, 3.05) is 0 Å². The molecule has 3 rings (SSSR count). The van der Waals surface area contributed by atoms with E-state index in [-0.39, 0.29) is 0 Å². The van der Waals surface area contributed by atoms with E-state index < -0.39 is 17.6 Å². The van der Waals surface area contributed by atoms with E-state index in [4.69, 9.17) is 5.11 Å². The van der Waals surface area contributed by atoms with Crippen molar-refractivity contribution in [3.8, 4) is 11.3 Å². The minimum atomic E-state index is -1.11. The Hall–Kier alpha value is -2.96. The lowest BCUT2D eigenvalue weighted by Crippen LogP contribution is -2.31. The first-order valence-corrected chi connectivity index (χ1v) is 7.16. The second-order valence-electron chi connectivity index (χ2n) is 5.57. The Morgan fingerprint density at radius 3 is 2.65 bits per heavy atom. The van der Waals surface area contributed by atoms with E-state index in [1.165, 1.54) is 17.8 Å². The highest BCUT2D eigenvalue weighted by Crippen LogP contribution is 2.23. The number of aromatic nitrogens is 4. The summed E-state index contributed by atoms with van der Waals surface area (Å²) in [5.41, 5.74) is 3.60. The van der Waals surface area contributed by atoms with Crippen LogP contribution in [0.3, 0.4) is 0 Å². The number of carboxylic acids is 1. The fraction of sp³-hybridized carbons (Fsp3) is 0.250. The van der Waals surface area contributed by atoms with Crippen LogP contribution in [-0.2, 0) is 4.79 Å². The minimum absolute atomic E-state index is 0.295. The van der Waals surface area contributed by atoms with E-state index in [1.807, 2.05) is 32.0 Å². The number of nitrogens with zero attached hydrogens (tertiary/aromatic N) is 4. The number of benzene rings is 1. The molecule has 7 heteroatoms. The first-order chi connectivity index (χ1) is 10.9. The number of carboxylic acid groups (broad SMARTS) is 1. The molecule has 3 aromatic rings.